The standard InChI is InChI=1S/C19H22ClN3O3S/c1-13-15(20)3-2-4-16(13)22-19(25)18(24)21-11-17(14-5-10-27-12-14)23-6-8-26-9-7-23/h2-5,10,12,17H,6-9,11H2,1H3,(H,21,24)(H,22,25). The predicted molar refractivity (Wildman–Crippen MR) is 107 cm³/mol. The summed E-state index contributed by atoms with van der Waals surface area (Å²) < 4.78 is 5.42. The second kappa shape index (κ2) is 9.32. The number of carbonyl (C=O) groups excluding carboxylic acids is 2. The van der Waals surface area contributed by atoms with Crippen molar-refractivity contribution in [3.63, 3.8) is 0 Å². The molecule has 0 radical (unpaired) electrons. The van der Waals surface area contributed by atoms with Gasteiger partial charge in [-0.1, -0.05) is 17.7 Å². The summed E-state index contributed by atoms with van der Waals surface area (Å²) in [5.74, 6) is -1.37. The van der Waals surface area contributed by atoms with Crippen molar-refractivity contribution in [1.82, 2.24) is 10.2 Å². The van der Waals surface area contributed by atoms with E-state index in [2.05, 4.69) is 20.9 Å². The Hall–Kier alpha value is -1.93. The molecule has 1 fully saturated rings. The van der Waals surface area contributed by atoms with Crippen LogP contribution in [0.3, 0.4) is 0 Å². The first-order chi connectivity index (χ1) is 13.1. The predicted octanol–water partition coefficient (Wildman–Crippen LogP) is 2.84. The van der Waals surface area contributed by atoms with Crippen LogP contribution in [0.4, 0.5) is 5.69 Å². The largest absolute Gasteiger partial charge is 0.379 e. The number of thiophene rings is 1. The Bertz CT molecular complexity index is 792. The van der Waals surface area contributed by atoms with Crippen LogP contribution in [-0.4, -0.2) is 49.6 Å². The molecule has 144 valence electrons. The molecule has 1 aromatic heterocycles. The number of benzene rings is 1. The number of halogens is 1. The lowest BCUT2D eigenvalue weighted by Gasteiger charge is -2.34. The Morgan fingerprint density at radius 3 is 2.74 bits per heavy atom. The highest BCUT2D eigenvalue weighted by molar-refractivity contribution is 7.08. The van der Waals surface area contributed by atoms with Gasteiger partial charge in [-0.05, 0) is 47.0 Å². The minimum absolute atomic E-state index is 0.0183. The summed E-state index contributed by atoms with van der Waals surface area (Å²) in [5, 5.41) is 10.0. The molecule has 2 aromatic rings. The molecular weight excluding hydrogens is 386 g/mol. The molecule has 1 atom stereocenters. The molecule has 8 heteroatoms. The maximum Gasteiger partial charge on any atom is 0.313 e. The van der Waals surface area contributed by atoms with Crippen molar-refractivity contribution in [2.24, 2.45) is 0 Å². The number of ether oxygens (including phenoxy) is 1. The summed E-state index contributed by atoms with van der Waals surface area (Å²) in [6, 6.07) is 7.25. The van der Waals surface area contributed by atoms with Crippen molar-refractivity contribution in [3.05, 3.63) is 51.2 Å². The van der Waals surface area contributed by atoms with Gasteiger partial charge in [0.2, 0.25) is 0 Å². The number of carbonyl (C=O) groups is 2. The van der Waals surface area contributed by atoms with Crippen molar-refractivity contribution in [1.29, 1.82) is 0 Å². The minimum atomic E-state index is -0.702. The number of amides is 2. The molecular formula is C19H22ClN3O3S. The van der Waals surface area contributed by atoms with E-state index >= 15 is 0 Å². The second-order valence-corrected chi connectivity index (χ2v) is 7.48. The molecule has 0 bridgehead atoms. The lowest BCUT2D eigenvalue weighted by atomic mass is 10.1. The average molecular weight is 408 g/mol. The third-order valence-electron chi connectivity index (χ3n) is 4.59. The molecule has 1 unspecified atom stereocenters. The van der Waals surface area contributed by atoms with Crippen molar-refractivity contribution >= 4 is 40.4 Å². The fourth-order valence-electron chi connectivity index (χ4n) is 3.00. The van der Waals surface area contributed by atoms with Gasteiger partial charge in [0, 0.05) is 30.3 Å². The van der Waals surface area contributed by atoms with E-state index in [1.807, 2.05) is 11.4 Å². The smallest absolute Gasteiger partial charge is 0.313 e. The zero-order chi connectivity index (χ0) is 19.2. The van der Waals surface area contributed by atoms with Gasteiger partial charge < -0.3 is 15.4 Å². The monoisotopic (exact) mass is 407 g/mol. The van der Waals surface area contributed by atoms with Crippen molar-refractivity contribution in [3.8, 4) is 0 Å². The molecule has 0 aliphatic carbocycles. The van der Waals surface area contributed by atoms with Crippen LogP contribution in [-0.2, 0) is 14.3 Å². The summed E-state index contributed by atoms with van der Waals surface area (Å²) in [5.41, 5.74) is 2.39. The van der Waals surface area contributed by atoms with E-state index in [4.69, 9.17) is 16.3 Å². The molecule has 1 aliphatic rings. The van der Waals surface area contributed by atoms with Crippen LogP contribution < -0.4 is 10.6 Å². The van der Waals surface area contributed by atoms with E-state index in [9.17, 15) is 9.59 Å². The van der Waals surface area contributed by atoms with Gasteiger partial charge >= 0.3 is 11.8 Å². The van der Waals surface area contributed by atoms with Gasteiger partial charge in [-0.15, -0.1) is 0 Å². The summed E-state index contributed by atoms with van der Waals surface area (Å²) in [6.07, 6.45) is 0. The van der Waals surface area contributed by atoms with Crippen LogP contribution >= 0.6 is 22.9 Å². The van der Waals surface area contributed by atoms with E-state index in [0.717, 1.165) is 24.2 Å². The Labute approximate surface area is 167 Å². The first kappa shape index (κ1) is 19.8. The van der Waals surface area contributed by atoms with E-state index in [1.54, 1.807) is 36.5 Å². The summed E-state index contributed by atoms with van der Waals surface area (Å²) in [7, 11) is 0. The van der Waals surface area contributed by atoms with E-state index in [-0.39, 0.29) is 6.04 Å². The molecule has 2 N–H and O–H groups in total. The number of morpholine rings is 1. The highest BCUT2D eigenvalue weighted by atomic mass is 35.5. The van der Waals surface area contributed by atoms with E-state index in [0.29, 0.717) is 30.5 Å². The van der Waals surface area contributed by atoms with Crippen LogP contribution in [0.25, 0.3) is 0 Å². The highest BCUT2D eigenvalue weighted by Crippen LogP contribution is 2.24. The number of rotatable bonds is 5. The second-order valence-electron chi connectivity index (χ2n) is 6.30. The minimum Gasteiger partial charge on any atom is -0.379 e. The van der Waals surface area contributed by atoms with Crippen molar-refractivity contribution < 1.29 is 14.3 Å². The SMILES string of the molecule is Cc1c(Cl)cccc1NC(=O)C(=O)NCC(c1ccsc1)N1CCOCC1. The molecule has 0 saturated carbocycles. The van der Waals surface area contributed by atoms with Crippen LogP contribution in [0.5, 0.6) is 0 Å². The Kier molecular flexibility index (Phi) is 6.84. The van der Waals surface area contributed by atoms with Gasteiger partial charge in [-0.2, -0.15) is 11.3 Å². The van der Waals surface area contributed by atoms with Gasteiger partial charge in [0.15, 0.2) is 0 Å². The van der Waals surface area contributed by atoms with E-state index in [1.165, 1.54) is 0 Å². The first-order valence-corrected chi connectivity index (χ1v) is 10.1. The van der Waals surface area contributed by atoms with Gasteiger partial charge in [0.05, 0.1) is 19.3 Å². The lowest BCUT2D eigenvalue weighted by molar-refractivity contribution is -0.136. The number of nitrogens with zero attached hydrogens (tertiary/aromatic N) is 1. The molecule has 2 amide bonds. The molecule has 0 spiro atoms. The Balaban J connectivity index is 1.61. The normalized spacial score (nSPS) is 15.9. The molecule has 27 heavy (non-hydrogen) atoms. The van der Waals surface area contributed by atoms with E-state index < -0.39 is 11.8 Å². The van der Waals surface area contributed by atoms with Gasteiger partial charge in [-0.3, -0.25) is 14.5 Å². The van der Waals surface area contributed by atoms with Gasteiger partial charge in [-0.25, -0.2) is 0 Å². The molecule has 1 saturated heterocycles. The summed E-state index contributed by atoms with van der Waals surface area (Å²) in [6.45, 7) is 5.08. The third kappa shape index (κ3) is 5.07. The van der Waals surface area contributed by atoms with Crippen LogP contribution in [0, 0.1) is 6.92 Å². The number of nitrogens with one attached hydrogen (secondary N) is 2. The highest BCUT2D eigenvalue weighted by Gasteiger charge is 2.25. The maximum atomic E-state index is 12.3. The topological polar surface area (TPSA) is 70.7 Å². The number of anilines is 1. The van der Waals surface area contributed by atoms with Gasteiger partial charge in [0.1, 0.15) is 0 Å². The number of hydrogen-bond acceptors (Lipinski definition) is 5. The molecule has 2 heterocycles. The summed E-state index contributed by atoms with van der Waals surface area (Å²) in [4.78, 5) is 26.8. The van der Waals surface area contributed by atoms with Crippen LogP contribution in [0.2, 0.25) is 5.02 Å². The fourth-order valence-corrected chi connectivity index (χ4v) is 3.88. The third-order valence-corrected chi connectivity index (χ3v) is 5.70. The van der Waals surface area contributed by atoms with Gasteiger partial charge in [0.25, 0.3) is 0 Å². The molecule has 1 aliphatic heterocycles. The number of hydrogen-bond donors (Lipinski definition) is 2. The molecule has 3 rings (SSSR count). The van der Waals surface area contributed by atoms with Crippen molar-refractivity contribution in [2.75, 3.05) is 38.2 Å². The maximum absolute atomic E-state index is 12.3. The lowest BCUT2D eigenvalue weighted by Crippen LogP contribution is -2.45. The van der Waals surface area contributed by atoms with Crippen LogP contribution in [0.1, 0.15) is 17.2 Å². The summed E-state index contributed by atoms with van der Waals surface area (Å²) >= 11 is 7.67. The zero-order valence-corrected chi connectivity index (χ0v) is 16.6. The molecule has 6 nitrogen and oxygen atoms in total. The Morgan fingerprint density at radius 1 is 1.26 bits per heavy atom. The molecule has 1 aromatic carbocycles. The first-order valence-electron chi connectivity index (χ1n) is 8.74. The Morgan fingerprint density at radius 2 is 2.04 bits per heavy atom. The zero-order valence-electron chi connectivity index (χ0n) is 15.0. The van der Waals surface area contributed by atoms with Crippen LogP contribution in [0.15, 0.2) is 35.0 Å². The average Bonchev–Trinajstić information content (AvgIpc) is 3.20. The quantitative estimate of drug-likeness (QED) is 0.748. The van der Waals surface area contributed by atoms with Crippen molar-refractivity contribution in [2.45, 2.75) is 13.0 Å². The fraction of sp³-hybridized carbons (Fsp3) is 0.368.